The van der Waals surface area contributed by atoms with Gasteiger partial charge in [0.1, 0.15) is 15.6 Å². The number of rotatable bonds is 6. The number of nitrogens with zero attached hydrogens (tertiary/aromatic N) is 4. The number of aromatic nitrogens is 4. The van der Waals surface area contributed by atoms with Crippen LogP contribution < -0.4 is 5.32 Å². The van der Waals surface area contributed by atoms with Crippen molar-refractivity contribution in [1.82, 2.24) is 25.3 Å². The van der Waals surface area contributed by atoms with E-state index in [1.165, 1.54) is 16.9 Å². The van der Waals surface area contributed by atoms with Gasteiger partial charge in [0, 0.05) is 6.54 Å². The fourth-order valence-corrected chi connectivity index (χ4v) is 3.64. The smallest absolute Gasteiger partial charge is 0.263 e. The molecule has 0 saturated carbocycles. The van der Waals surface area contributed by atoms with Gasteiger partial charge >= 0.3 is 0 Å². The number of carbonyl (C=O) groups excluding carboxylic acids is 1. The van der Waals surface area contributed by atoms with Gasteiger partial charge in [0.05, 0.1) is 17.1 Å². The summed E-state index contributed by atoms with van der Waals surface area (Å²) in [5, 5.41) is 12.2. The summed E-state index contributed by atoms with van der Waals surface area (Å²) in [7, 11) is 0. The van der Waals surface area contributed by atoms with Crippen molar-refractivity contribution >= 4 is 17.2 Å². The quantitative estimate of drug-likeness (QED) is 0.670. The Kier molecular flexibility index (Phi) is 5.46. The number of benzene rings is 1. The van der Waals surface area contributed by atoms with E-state index >= 15 is 0 Å². The Morgan fingerprint density at radius 1 is 1.19 bits per heavy atom. The summed E-state index contributed by atoms with van der Waals surface area (Å²) >= 11 is 1.36. The molecule has 0 atom stereocenters. The van der Waals surface area contributed by atoms with E-state index in [1.54, 1.807) is 4.68 Å². The van der Waals surface area contributed by atoms with Gasteiger partial charge in [-0.05, 0) is 39.3 Å². The van der Waals surface area contributed by atoms with Crippen LogP contribution >= 0.6 is 11.3 Å². The van der Waals surface area contributed by atoms with Gasteiger partial charge in [0.15, 0.2) is 0 Å². The van der Waals surface area contributed by atoms with Crippen LogP contribution in [0.5, 0.6) is 0 Å². The van der Waals surface area contributed by atoms with E-state index in [-0.39, 0.29) is 5.91 Å². The maximum atomic E-state index is 12.3. The molecule has 0 aliphatic carbocycles. The molecular weight excluding hydrogens is 346 g/mol. The molecular formula is C19H23N5OS. The predicted octanol–water partition coefficient (Wildman–Crippen LogP) is 3.85. The molecule has 0 aliphatic heterocycles. The maximum absolute atomic E-state index is 12.3. The minimum absolute atomic E-state index is 0.0664. The topological polar surface area (TPSA) is 72.7 Å². The average molecular weight is 369 g/mol. The highest BCUT2D eigenvalue weighted by atomic mass is 32.1. The summed E-state index contributed by atoms with van der Waals surface area (Å²) in [4.78, 5) is 17.5. The monoisotopic (exact) mass is 369 g/mol. The highest BCUT2D eigenvalue weighted by Gasteiger charge is 2.20. The first-order valence-corrected chi connectivity index (χ1v) is 9.58. The van der Waals surface area contributed by atoms with Crippen LogP contribution in [-0.4, -0.2) is 32.4 Å². The molecule has 136 valence electrons. The summed E-state index contributed by atoms with van der Waals surface area (Å²) in [6.45, 7) is 8.66. The number of hydrogen-bond donors (Lipinski definition) is 1. The van der Waals surface area contributed by atoms with E-state index in [9.17, 15) is 4.79 Å². The van der Waals surface area contributed by atoms with E-state index in [2.05, 4.69) is 34.5 Å². The van der Waals surface area contributed by atoms with Crippen LogP contribution in [0.2, 0.25) is 0 Å². The first-order valence-electron chi connectivity index (χ1n) is 8.76. The molecule has 0 fully saturated rings. The Balaban J connectivity index is 1.87. The molecule has 2 heterocycles. The van der Waals surface area contributed by atoms with Gasteiger partial charge in [-0.3, -0.25) is 4.79 Å². The third kappa shape index (κ3) is 3.67. The molecule has 0 spiro atoms. The molecule has 6 nitrogen and oxygen atoms in total. The second kappa shape index (κ2) is 7.78. The molecule has 3 rings (SSSR count). The van der Waals surface area contributed by atoms with Gasteiger partial charge in [-0.1, -0.05) is 36.3 Å². The lowest BCUT2D eigenvalue weighted by molar-refractivity contribution is 0.0956. The van der Waals surface area contributed by atoms with E-state index in [4.69, 9.17) is 0 Å². The number of thiazole rings is 1. The fraction of sp³-hybridized carbons (Fsp3) is 0.368. The van der Waals surface area contributed by atoms with Crippen molar-refractivity contribution in [3.8, 4) is 16.4 Å². The number of hydrogen-bond acceptors (Lipinski definition) is 5. The second-order valence-electron chi connectivity index (χ2n) is 6.31. The maximum Gasteiger partial charge on any atom is 0.263 e. The SMILES string of the molecule is CCCCNC(=O)c1sc(-c2nnn(-c3ccc(C)cc3)c2C)nc1C. The molecule has 7 heteroatoms. The molecule has 1 amide bonds. The number of carbonyl (C=O) groups is 1. The van der Waals surface area contributed by atoms with Gasteiger partial charge in [-0.25, -0.2) is 9.67 Å². The number of nitrogens with one attached hydrogen (secondary N) is 1. The van der Waals surface area contributed by atoms with Crippen LogP contribution in [0.15, 0.2) is 24.3 Å². The van der Waals surface area contributed by atoms with Crippen LogP contribution in [0.3, 0.4) is 0 Å². The Labute approximate surface area is 157 Å². The minimum atomic E-state index is -0.0664. The molecule has 0 radical (unpaired) electrons. The van der Waals surface area contributed by atoms with Gasteiger partial charge < -0.3 is 5.32 Å². The molecule has 26 heavy (non-hydrogen) atoms. The normalized spacial score (nSPS) is 10.9. The lowest BCUT2D eigenvalue weighted by Gasteiger charge is -2.03. The minimum Gasteiger partial charge on any atom is -0.351 e. The molecule has 0 unspecified atom stereocenters. The Morgan fingerprint density at radius 2 is 1.92 bits per heavy atom. The Bertz CT molecular complexity index is 911. The zero-order valence-corrected chi connectivity index (χ0v) is 16.4. The summed E-state index contributed by atoms with van der Waals surface area (Å²) in [6.07, 6.45) is 2.02. The Morgan fingerprint density at radius 3 is 2.62 bits per heavy atom. The average Bonchev–Trinajstić information content (AvgIpc) is 3.19. The lowest BCUT2D eigenvalue weighted by atomic mass is 10.2. The standard InChI is InChI=1S/C19H23N5OS/c1-5-6-11-20-18(25)17-13(3)21-19(26-17)16-14(4)24(23-22-16)15-9-7-12(2)8-10-15/h7-10H,5-6,11H2,1-4H3,(H,20,25). The van der Waals surface area contributed by atoms with E-state index < -0.39 is 0 Å². The number of unbranched alkanes of at least 4 members (excludes halogenated alkanes) is 1. The highest BCUT2D eigenvalue weighted by Crippen LogP contribution is 2.29. The summed E-state index contributed by atoms with van der Waals surface area (Å²) in [5.74, 6) is -0.0664. The predicted molar refractivity (Wildman–Crippen MR) is 104 cm³/mol. The van der Waals surface area contributed by atoms with E-state index in [0.717, 1.165) is 34.9 Å². The summed E-state index contributed by atoms with van der Waals surface area (Å²) in [6, 6.07) is 8.12. The van der Waals surface area contributed by atoms with Crippen molar-refractivity contribution in [2.45, 2.75) is 40.5 Å². The van der Waals surface area contributed by atoms with Crippen LogP contribution in [-0.2, 0) is 0 Å². The van der Waals surface area contributed by atoms with Gasteiger partial charge in [-0.15, -0.1) is 16.4 Å². The third-order valence-electron chi connectivity index (χ3n) is 4.19. The summed E-state index contributed by atoms with van der Waals surface area (Å²) in [5.41, 5.74) is 4.49. The zero-order chi connectivity index (χ0) is 18.7. The first kappa shape index (κ1) is 18.3. The molecule has 2 aromatic heterocycles. The lowest BCUT2D eigenvalue weighted by Crippen LogP contribution is -2.24. The first-order chi connectivity index (χ1) is 12.5. The largest absolute Gasteiger partial charge is 0.351 e. The number of amides is 1. The highest BCUT2D eigenvalue weighted by molar-refractivity contribution is 7.17. The molecule has 1 N–H and O–H groups in total. The fourth-order valence-electron chi connectivity index (χ4n) is 2.63. The summed E-state index contributed by atoms with van der Waals surface area (Å²) < 4.78 is 1.80. The van der Waals surface area contributed by atoms with Crippen LogP contribution in [0.25, 0.3) is 16.4 Å². The zero-order valence-electron chi connectivity index (χ0n) is 15.5. The second-order valence-corrected chi connectivity index (χ2v) is 7.31. The van der Waals surface area contributed by atoms with Crippen molar-refractivity contribution in [2.75, 3.05) is 6.54 Å². The number of aryl methyl sites for hydroxylation is 2. The molecule has 0 aliphatic rings. The van der Waals surface area contributed by atoms with Gasteiger partial charge in [0.25, 0.3) is 5.91 Å². The van der Waals surface area contributed by atoms with Crippen molar-refractivity contribution < 1.29 is 4.79 Å². The van der Waals surface area contributed by atoms with Crippen molar-refractivity contribution in [3.63, 3.8) is 0 Å². The Hall–Kier alpha value is -2.54. The van der Waals surface area contributed by atoms with Crippen molar-refractivity contribution in [3.05, 3.63) is 46.1 Å². The van der Waals surface area contributed by atoms with E-state index in [1.807, 2.05) is 38.1 Å². The van der Waals surface area contributed by atoms with Crippen molar-refractivity contribution in [2.24, 2.45) is 0 Å². The molecule has 1 aromatic carbocycles. The van der Waals surface area contributed by atoms with E-state index in [0.29, 0.717) is 17.1 Å². The van der Waals surface area contributed by atoms with Crippen molar-refractivity contribution in [1.29, 1.82) is 0 Å². The van der Waals surface area contributed by atoms with Gasteiger partial charge in [0.2, 0.25) is 0 Å². The van der Waals surface area contributed by atoms with Crippen LogP contribution in [0.4, 0.5) is 0 Å². The molecule has 0 bridgehead atoms. The third-order valence-corrected chi connectivity index (χ3v) is 5.36. The van der Waals surface area contributed by atoms with Crippen LogP contribution in [0.1, 0.15) is 46.4 Å². The molecule has 3 aromatic rings. The molecule has 0 saturated heterocycles. The van der Waals surface area contributed by atoms with Gasteiger partial charge in [-0.2, -0.15) is 0 Å². The van der Waals surface area contributed by atoms with Crippen LogP contribution in [0, 0.1) is 20.8 Å².